The highest BCUT2D eigenvalue weighted by Crippen LogP contribution is 2.30. The van der Waals surface area contributed by atoms with Gasteiger partial charge in [0.2, 0.25) is 12.1 Å². The molecule has 1 fully saturated rings. The number of benzodiazepines with no additional fused rings is 1. The van der Waals surface area contributed by atoms with Crippen LogP contribution in [0.15, 0.2) is 53.5 Å². The fraction of sp³-hybridized carbons (Fsp3) is 0.483. The van der Waals surface area contributed by atoms with E-state index in [9.17, 15) is 14.7 Å². The molecule has 0 aromatic heterocycles. The predicted molar refractivity (Wildman–Crippen MR) is 146 cm³/mol. The standard InChI is InChI=1S/C29H36ClN3O4/c1-18(2)25(24(34)17-37-21-12-8-5-9-13-21)28(35)32-27-29(36)33(3)23-15-14-20(30)16-22(23)26(31-27)19-10-6-4-7-11-19/h4,6-7,10-11,14-16,18,21,24-25,27,34H,5,8-9,12-13,17H2,1-3H3,(H,32,35)/t24-,25?,27?/m1/s1. The lowest BCUT2D eigenvalue weighted by Crippen LogP contribution is -2.51. The molecular weight excluding hydrogens is 490 g/mol. The van der Waals surface area contributed by atoms with E-state index in [4.69, 9.17) is 21.3 Å². The summed E-state index contributed by atoms with van der Waals surface area (Å²) in [6.07, 6.45) is 3.40. The second-order valence-corrected chi connectivity index (χ2v) is 10.7. The molecule has 0 saturated heterocycles. The Bertz CT molecular complexity index is 1130. The van der Waals surface area contributed by atoms with Crippen molar-refractivity contribution in [1.29, 1.82) is 0 Å². The number of anilines is 1. The third-order valence-corrected chi connectivity index (χ3v) is 7.45. The summed E-state index contributed by atoms with van der Waals surface area (Å²) in [4.78, 5) is 33.2. The highest BCUT2D eigenvalue weighted by atomic mass is 35.5. The zero-order valence-corrected chi connectivity index (χ0v) is 22.4. The summed E-state index contributed by atoms with van der Waals surface area (Å²) >= 11 is 6.32. The van der Waals surface area contributed by atoms with Gasteiger partial charge >= 0.3 is 0 Å². The molecule has 1 heterocycles. The number of carbonyl (C=O) groups excluding carboxylic acids is 2. The number of halogens is 1. The van der Waals surface area contributed by atoms with E-state index in [1.54, 1.807) is 25.2 Å². The number of aliphatic hydroxyl groups is 1. The molecular formula is C29H36ClN3O4. The highest BCUT2D eigenvalue weighted by Gasteiger charge is 2.36. The number of ether oxygens (including phenoxy) is 1. The maximum absolute atomic E-state index is 13.5. The van der Waals surface area contributed by atoms with Crippen LogP contribution in [0.3, 0.4) is 0 Å². The van der Waals surface area contributed by atoms with Crippen LogP contribution in [-0.4, -0.2) is 54.7 Å². The smallest absolute Gasteiger partial charge is 0.272 e. The van der Waals surface area contributed by atoms with E-state index < -0.39 is 24.1 Å². The van der Waals surface area contributed by atoms with Gasteiger partial charge in [-0.25, -0.2) is 4.99 Å². The van der Waals surface area contributed by atoms with Gasteiger partial charge in [0.1, 0.15) is 0 Å². The van der Waals surface area contributed by atoms with Gasteiger partial charge in [0.25, 0.3) is 5.91 Å². The van der Waals surface area contributed by atoms with Crippen molar-refractivity contribution in [3.8, 4) is 0 Å². The molecule has 1 aliphatic heterocycles. The number of fused-ring (bicyclic) bond motifs is 1. The summed E-state index contributed by atoms with van der Waals surface area (Å²) in [5.74, 6) is -1.73. The molecule has 2 aromatic carbocycles. The third-order valence-electron chi connectivity index (χ3n) is 7.21. The number of nitrogens with zero attached hydrogens (tertiary/aromatic N) is 2. The van der Waals surface area contributed by atoms with Gasteiger partial charge in [-0.3, -0.25) is 9.59 Å². The van der Waals surface area contributed by atoms with Crippen molar-refractivity contribution in [1.82, 2.24) is 5.32 Å². The van der Waals surface area contributed by atoms with Crippen LogP contribution in [0, 0.1) is 11.8 Å². The monoisotopic (exact) mass is 525 g/mol. The first-order chi connectivity index (χ1) is 17.8. The van der Waals surface area contributed by atoms with Gasteiger partial charge in [-0.1, -0.05) is 75.0 Å². The van der Waals surface area contributed by atoms with Crippen LogP contribution in [0.4, 0.5) is 5.69 Å². The number of aliphatic hydroxyl groups excluding tert-OH is 1. The van der Waals surface area contributed by atoms with E-state index in [0.29, 0.717) is 22.0 Å². The first-order valence-corrected chi connectivity index (χ1v) is 13.4. The maximum Gasteiger partial charge on any atom is 0.272 e. The van der Waals surface area contributed by atoms with Crippen LogP contribution in [0.1, 0.15) is 57.1 Å². The van der Waals surface area contributed by atoms with Crippen molar-refractivity contribution in [2.24, 2.45) is 16.8 Å². The minimum Gasteiger partial charge on any atom is -0.390 e. The van der Waals surface area contributed by atoms with Crippen LogP contribution >= 0.6 is 11.6 Å². The Balaban J connectivity index is 1.60. The summed E-state index contributed by atoms with van der Waals surface area (Å²) in [5.41, 5.74) is 2.71. The lowest BCUT2D eigenvalue weighted by molar-refractivity contribution is -0.137. The van der Waals surface area contributed by atoms with E-state index in [0.717, 1.165) is 31.2 Å². The molecule has 7 nitrogen and oxygen atoms in total. The Morgan fingerprint density at radius 1 is 1.16 bits per heavy atom. The minimum atomic E-state index is -1.16. The summed E-state index contributed by atoms with van der Waals surface area (Å²) < 4.78 is 5.96. The van der Waals surface area contributed by atoms with E-state index in [2.05, 4.69) is 5.32 Å². The Labute approximate surface area is 223 Å². The number of amides is 2. The number of hydrogen-bond acceptors (Lipinski definition) is 5. The molecule has 3 atom stereocenters. The van der Waals surface area contributed by atoms with Gasteiger partial charge in [0.05, 0.1) is 36.1 Å². The van der Waals surface area contributed by atoms with Crippen molar-refractivity contribution in [3.05, 3.63) is 64.7 Å². The zero-order valence-electron chi connectivity index (χ0n) is 21.7. The van der Waals surface area contributed by atoms with E-state index in [1.807, 2.05) is 44.2 Å². The van der Waals surface area contributed by atoms with Crippen molar-refractivity contribution < 1.29 is 19.4 Å². The van der Waals surface area contributed by atoms with Gasteiger partial charge in [-0.15, -0.1) is 0 Å². The summed E-state index contributed by atoms with van der Waals surface area (Å²) in [6.45, 7) is 3.85. The topological polar surface area (TPSA) is 91.2 Å². The SMILES string of the molecule is CC(C)C(C(=O)NC1N=C(c2ccccc2)c2cc(Cl)ccc2N(C)C1=O)[C@H](O)COC1CCCCC1. The molecule has 2 N–H and O–H groups in total. The Kier molecular flexibility index (Phi) is 9.00. The fourth-order valence-electron chi connectivity index (χ4n) is 5.19. The molecule has 8 heteroatoms. The highest BCUT2D eigenvalue weighted by molar-refractivity contribution is 6.32. The maximum atomic E-state index is 13.5. The number of hydrogen-bond donors (Lipinski definition) is 2. The average Bonchev–Trinajstić information content (AvgIpc) is 2.98. The molecule has 0 spiro atoms. The first-order valence-electron chi connectivity index (χ1n) is 13.1. The summed E-state index contributed by atoms with van der Waals surface area (Å²) in [7, 11) is 1.66. The summed E-state index contributed by atoms with van der Waals surface area (Å²) in [5, 5.41) is 14.3. The molecule has 1 saturated carbocycles. The number of rotatable bonds is 8. The van der Waals surface area contributed by atoms with Crippen LogP contribution < -0.4 is 10.2 Å². The van der Waals surface area contributed by atoms with Gasteiger partial charge < -0.3 is 20.1 Å². The molecule has 0 radical (unpaired) electrons. The predicted octanol–water partition coefficient (Wildman–Crippen LogP) is 4.58. The van der Waals surface area contributed by atoms with E-state index >= 15 is 0 Å². The molecule has 2 aliphatic rings. The molecule has 198 valence electrons. The van der Waals surface area contributed by atoms with Crippen LogP contribution in [-0.2, 0) is 14.3 Å². The largest absolute Gasteiger partial charge is 0.390 e. The zero-order chi connectivity index (χ0) is 26.5. The average molecular weight is 526 g/mol. The Morgan fingerprint density at radius 3 is 2.54 bits per heavy atom. The molecule has 4 rings (SSSR count). The lowest BCUT2D eigenvalue weighted by atomic mass is 9.89. The van der Waals surface area contributed by atoms with Crippen molar-refractivity contribution in [2.45, 2.75) is 64.3 Å². The number of benzene rings is 2. The van der Waals surface area contributed by atoms with Gasteiger partial charge in [-0.2, -0.15) is 0 Å². The third kappa shape index (κ3) is 6.40. The molecule has 2 amide bonds. The molecule has 1 aliphatic carbocycles. The fourth-order valence-corrected chi connectivity index (χ4v) is 5.36. The molecule has 0 bridgehead atoms. The quantitative estimate of drug-likeness (QED) is 0.528. The normalized spacial score (nSPS) is 20.2. The van der Waals surface area contributed by atoms with Gasteiger partial charge in [0.15, 0.2) is 0 Å². The van der Waals surface area contributed by atoms with Crippen molar-refractivity contribution in [3.63, 3.8) is 0 Å². The van der Waals surface area contributed by atoms with Crippen molar-refractivity contribution in [2.75, 3.05) is 18.6 Å². The first kappa shape index (κ1) is 27.3. The van der Waals surface area contributed by atoms with Gasteiger partial charge in [-0.05, 0) is 37.0 Å². The Hall–Kier alpha value is -2.74. The summed E-state index contributed by atoms with van der Waals surface area (Å²) in [6, 6.07) is 14.8. The van der Waals surface area contributed by atoms with Gasteiger partial charge in [0, 0.05) is 23.2 Å². The number of nitrogens with one attached hydrogen (secondary N) is 1. The van der Waals surface area contributed by atoms with Crippen LogP contribution in [0.5, 0.6) is 0 Å². The van der Waals surface area contributed by atoms with E-state index in [1.165, 1.54) is 11.3 Å². The number of carbonyl (C=O) groups is 2. The molecule has 37 heavy (non-hydrogen) atoms. The number of aliphatic imine (C=N–C) groups is 1. The van der Waals surface area contributed by atoms with E-state index in [-0.39, 0.29) is 24.5 Å². The molecule has 2 aromatic rings. The van der Waals surface area contributed by atoms with Crippen LogP contribution in [0.25, 0.3) is 0 Å². The minimum absolute atomic E-state index is 0.0852. The lowest BCUT2D eigenvalue weighted by Gasteiger charge is -2.29. The van der Waals surface area contributed by atoms with Crippen molar-refractivity contribution >= 4 is 34.8 Å². The number of likely N-dealkylation sites (N-methyl/N-ethyl adjacent to an activating group) is 1. The molecule has 2 unspecified atom stereocenters. The van der Waals surface area contributed by atoms with Crippen LogP contribution in [0.2, 0.25) is 5.02 Å². The second kappa shape index (κ2) is 12.2. The second-order valence-electron chi connectivity index (χ2n) is 10.2. The Morgan fingerprint density at radius 2 is 1.86 bits per heavy atom.